The number of aromatic hydroxyl groups is 1. The number of benzene rings is 2. The zero-order valence-electron chi connectivity index (χ0n) is 11.5. The van der Waals surface area contributed by atoms with Gasteiger partial charge in [0, 0.05) is 11.0 Å². The molecule has 0 radical (unpaired) electrons. The summed E-state index contributed by atoms with van der Waals surface area (Å²) in [5.41, 5.74) is 7.93. The van der Waals surface area contributed by atoms with Gasteiger partial charge in [0.15, 0.2) is 0 Å². The monoisotopic (exact) mass is 348 g/mol. The fraction of sp³-hybridized carbons (Fsp3) is 0.188. The van der Waals surface area contributed by atoms with Gasteiger partial charge < -0.3 is 16.2 Å². The molecule has 0 aliphatic rings. The number of phenols is 1. The van der Waals surface area contributed by atoms with Crippen LogP contribution in [-0.2, 0) is 13.0 Å². The molecular weight excluding hydrogens is 332 g/mol. The molecule has 1 amide bonds. The number of nitrogens with two attached hydrogens (primary N) is 1. The highest BCUT2D eigenvalue weighted by atomic mass is 79.9. The molecule has 0 saturated carbocycles. The first-order valence-corrected chi connectivity index (χ1v) is 7.44. The van der Waals surface area contributed by atoms with Gasteiger partial charge in [-0.2, -0.15) is 0 Å². The number of amides is 1. The Kier molecular flexibility index (Phi) is 5.36. The van der Waals surface area contributed by atoms with Crippen molar-refractivity contribution < 1.29 is 9.90 Å². The summed E-state index contributed by atoms with van der Waals surface area (Å²) in [6.45, 7) is 1.03. The molecule has 0 aliphatic heterocycles. The number of carbonyl (C=O) groups is 1. The van der Waals surface area contributed by atoms with Crippen LogP contribution < -0.4 is 11.1 Å². The van der Waals surface area contributed by atoms with E-state index in [0.717, 1.165) is 16.5 Å². The van der Waals surface area contributed by atoms with Crippen molar-refractivity contribution in [3.05, 3.63) is 63.6 Å². The Balaban J connectivity index is 1.99. The molecule has 0 aliphatic carbocycles. The van der Waals surface area contributed by atoms with Gasteiger partial charge in [-0.1, -0.05) is 40.2 Å². The van der Waals surface area contributed by atoms with Crippen molar-refractivity contribution in [3.63, 3.8) is 0 Å². The van der Waals surface area contributed by atoms with Crippen molar-refractivity contribution in [2.75, 3.05) is 6.54 Å². The quantitative estimate of drug-likeness (QED) is 0.777. The third-order valence-corrected chi connectivity index (χ3v) is 3.61. The third-order valence-electron chi connectivity index (χ3n) is 3.11. The smallest absolute Gasteiger partial charge is 0.255 e. The largest absolute Gasteiger partial charge is 0.507 e. The zero-order valence-corrected chi connectivity index (χ0v) is 13.1. The van der Waals surface area contributed by atoms with E-state index in [2.05, 4.69) is 21.2 Å². The van der Waals surface area contributed by atoms with Gasteiger partial charge >= 0.3 is 0 Å². The second kappa shape index (κ2) is 7.24. The Bertz CT molecular complexity index is 627. The average Bonchev–Trinajstić information content (AvgIpc) is 2.49. The maximum atomic E-state index is 12.1. The lowest BCUT2D eigenvalue weighted by molar-refractivity contribution is 0.0948. The van der Waals surface area contributed by atoms with Crippen molar-refractivity contribution in [3.8, 4) is 5.75 Å². The molecule has 0 unspecified atom stereocenters. The van der Waals surface area contributed by atoms with Crippen LogP contribution in [0, 0.1) is 0 Å². The van der Waals surface area contributed by atoms with Crippen LogP contribution in [0.3, 0.4) is 0 Å². The molecule has 21 heavy (non-hydrogen) atoms. The van der Waals surface area contributed by atoms with Crippen LogP contribution in [0.4, 0.5) is 0 Å². The summed E-state index contributed by atoms with van der Waals surface area (Å²) in [6.07, 6.45) is 0.846. The molecule has 2 aromatic rings. The topological polar surface area (TPSA) is 75.3 Å². The van der Waals surface area contributed by atoms with Crippen LogP contribution in [0.1, 0.15) is 21.5 Å². The molecule has 0 saturated heterocycles. The minimum Gasteiger partial charge on any atom is -0.507 e. The van der Waals surface area contributed by atoms with Crippen molar-refractivity contribution >= 4 is 21.8 Å². The zero-order chi connectivity index (χ0) is 15.2. The summed E-state index contributed by atoms with van der Waals surface area (Å²) < 4.78 is 0.747. The van der Waals surface area contributed by atoms with Crippen molar-refractivity contribution in [2.45, 2.75) is 13.0 Å². The van der Waals surface area contributed by atoms with Gasteiger partial charge in [0.1, 0.15) is 5.75 Å². The molecule has 5 heteroatoms. The second-order valence-electron chi connectivity index (χ2n) is 4.70. The fourth-order valence-electron chi connectivity index (χ4n) is 1.96. The predicted molar refractivity (Wildman–Crippen MR) is 86.2 cm³/mol. The minimum atomic E-state index is -0.306. The van der Waals surface area contributed by atoms with Crippen molar-refractivity contribution in [1.29, 1.82) is 0 Å². The Hall–Kier alpha value is -1.85. The van der Waals surface area contributed by atoms with Crippen molar-refractivity contribution in [2.24, 2.45) is 5.73 Å². The summed E-state index contributed by atoms with van der Waals surface area (Å²) in [5, 5.41) is 12.5. The first kappa shape index (κ1) is 15.5. The van der Waals surface area contributed by atoms with Crippen LogP contribution >= 0.6 is 15.9 Å². The van der Waals surface area contributed by atoms with Gasteiger partial charge in [-0.05, 0) is 42.3 Å². The molecule has 4 N–H and O–H groups in total. The Labute approximate surface area is 132 Å². The van der Waals surface area contributed by atoms with Crippen molar-refractivity contribution in [1.82, 2.24) is 5.32 Å². The molecule has 0 bridgehead atoms. The highest BCUT2D eigenvalue weighted by Gasteiger charge is 2.11. The van der Waals surface area contributed by atoms with E-state index in [1.807, 2.05) is 24.3 Å². The molecule has 0 aromatic heterocycles. The van der Waals surface area contributed by atoms with E-state index in [1.54, 1.807) is 12.1 Å². The van der Waals surface area contributed by atoms with Crippen LogP contribution in [0.25, 0.3) is 0 Å². The molecule has 0 fully saturated rings. The lowest BCUT2D eigenvalue weighted by atomic mass is 10.1. The molecule has 0 spiro atoms. The Morgan fingerprint density at radius 2 is 1.81 bits per heavy atom. The molecule has 4 nitrogen and oxygen atoms in total. The number of phenolic OH excluding ortho intramolecular Hbond substituents is 1. The standard InChI is InChI=1S/C16H17BrN2O2/c17-13-5-6-15(20)14(9-13)16(21)19-10-12-3-1-11(2-4-12)7-8-18/h1-6,9,20H,7-8,10,18H2,(H,19,21). The van der Waals surface area contributed by atoms with E-state index < -0.39 is 0 Å². The van der Waals surface area contributed by atoms with E-state index in [0.29, 0.717) is 13.1 Å². The van der Waals surface area contributed by atoms with E-state index in [4.69, 9.17) is 5.73 Å². The van der Waals surface area contributed by atoms with Gasteiger partial charge in [0.2, 0.25) is 0 Å². The van der Waals surface area contributed by atoms with Crippen LogP contribution in [0.2, 0.25) is 0 Å². The maximum absolute atomic E-state index is 12.1. The van der Waals surface area contributed by atoms with Gasteiger partial charge in [0.25, 0.3) is 5.91 Å². The minimum absolute atomic E-state index is 0.0333. The number of nitrogens with one attached hydrogen (secondary N) is 1. The summed E-state index contributed by atoms with van der Waals surface area (Å²) in [5.74, 6) is -0.339. The average molecular weight is 349 g/mol. The summed E-state index contributed by atoms with van der Waals surface area (Å²) >= 11 is 3.28. The first-order chi connectivity index (χ1) is 10.1. The summed E-state index contributed by atoms with van der Waals surface area (Å²) in [4.78, 5) is 12.1. The van der Waals surface area contributed by atoms with Gasteiger partial charge in [0.05, 0.1) is 5.56 Å². The SMILES string of the molecule is NCCc1ccc(CNC(=O)c2cc(Br)ccc2O)cc1. The fourth-order valence-corrected chi connectivity index (χ4v) is 2.32. The normalized spacial score (nSPS) is 10.4. The number of hydrogen-bond acceptors (Lipinski definition) is 3. The molecule has 0 heterocycles. The number of hydrogen-bond donors (Lipinski definition) is 3. The Morgan fingerprint density at radius 3 is 2.48 bits per heavy atom. The van der Waals surface area contributed by atoms with Gasteiger partial charge in [-0.25, -0.2) is 0 Å². The number of rotatable bonds is 5. The van der Waals surface area contributed by atoms with E-state index in [9.17, 15) is 9.90 Å². The predicted octanol–water partition coefficient (Wildman–Crippen LogP) is 2.59. The third kappa shape index (κ3) is 4.31. The van der Waals surface area contributed by atoms with Crippen LogP contribution in [0.15, 0.2) is 46.9 Å². The van der Waals surface area contributed by atoms with Crippen LogP contribution in [0.5, 0.6) is 5.75 Å². The molecule has 2 rings (SSSR count). The first-order valence-electron chi connectivity index (χ1n) is 6.65. The maximum Gasteiger partial charge on any atom is 0.255 e. The van der Waals surface area contributed by atoms with Crippen LogP contribution in [-0.4, -0.2) is 17.6 Å². The highest BCUT2D eigenvalue weighted by Crippen LogP contribution is 2.21. The number of halogens is 1. The lowest BCUT2D eigenvalue weighted by Crippen LogP contribution is -2.22. The molecule has 0 atom stereocenters. The summed E-state index contributed by atoms with van der Waals surface area (Å²) in [7, 11) is 0. The summed E-state index contributed by atoms with van der Waals surface area (Å²) in [6, 6.07) is 12.7. The van der Waals surface area contributed by atoms with Gasteiger partial charge in [-0.3, -0.25) is 4.79 Å². The lowest BCUT2D eigenvalue weighted by Gasteiger charge is -2.08. The highest BCUT2D eigenvalue weighted by molar-refractivity contribution is 9.10. The van der Waals surface area contributed by atoms with E-state index in [-0.39, 0.29) is 17.2 Å². The van der Waals surface area contributed by atoms with Gasteiger partial charge in [-0.15, -0.1) is 0 Å². The molecular formula is C16H17BrN2O2. The Morgan fingerprint density at radius 1 is 1.14 bits per heavy atom. The second-order valence-corrected chi connectivity index (χ2v) is 5.61. The van der Waals surface area contributed by atoms with E-state index in [1.165, 1.54) is 11.6 Å². The molecule has 110 valence electrons. The number of carbonyl (C=O) groups excluding carboxylic acids is 1. The van der Waals surface area contributed by atoms with E-state index >= 15 is 0 Å². The molecule has 2 aromatic carbocycles.